The van der Waals surface area contributed by atoms with Gasteiger partial charge in [-0.1, -0.05) is 0 Å². The number of anilines is 1. The largest absolute Gasteiger partial charge is 0.497 e. The molecule has 1 unspecified atom stereocenters. The second-order valence-electron chi connectivity index (χ2n) is 4.25. The van der Waals surface area contributed by atoms with E-state index in [0.717, 1.165) is 24.4 Å². The maximum atomic E-state index is 11.8. The topological polar surface area (TPSA) is 41.6 Å². The van der Waals surface area contributed by atoms with E-state index >= 15 is 0 Å². The molecule has 16 heavy (non-hydrogen) atoms. The number of benzene rings is 1. The molecular weight excluding hydrogens is 204 g/mol. The Bertz CT molecular complexity index is 445. The summed E-state index contributed by atoms with van der Waals surface area (Å²) in [5.74, 6) is 1.03. The van der Waals surface area contributed by atoms with Crippen molar-refractivity contribution in [2.24, 2.45) is 0 Å². The molecule has 1 saturated heterocycles. The molecule has 3 rings (SSSR count). The summed E-state index contributed by atoms with van der Waals surface area (Å²) in [5.41, 5.74) is 2.26. The summed E-state index contributed by atoms with van der Waals surface area (Å²) in [6.07, 6.45) is 0.922. The fourth-order valence-corrected chi connectivity index (χ4v) is 2.56. The van der Waals surface area contributed by atoms with Crippen LogP contribution in [0.4, 0.5) is 5.69 Å². The molecule has 1 amide bonds. The Hall–Kier alpha value is -1.55. The van der Waals surface area contributed by atoms with Crippen molar-refractivity contribution < 1.29 is 9.53 Å². The summed E-state index contributed by atoms with van der Waals surface area (Å²) < 4.78 is 5.20. The van der Waals surface area contributed by atoms with Crippen molar-refractivity contribution in [3.05, 3.63) is 23.8 Å². The second kappa shape index (κ2) is 3.49. The summed E-state index contributed by atoms with van der Waals surface area (Å²) in [7, 11) is 1.66. The third-order valence-electron chi connectivity index (χ3n) is 3.29. The van der Waals surface area contributed by atoms with Gasteiger partial charge in [0.2, 0.25) is 5.91 Å². The average molecular weight is 218 g/mol. The van der Waals surface area contributed by atoms with Crippen molar-refractivity contribution in [2.45, 2.75) is 12.5 Å². The molecule has 2 aliphatic heterocycles. The van der Waals surface area contributed by atoms with Crippen LogP contribution in [-0.4, -0.2) is 32.1 Å². The van der Waals surface area contributed by atoms with Crippen LogP contribution in [0.2, 0.25) is 0 Å². The predicted molar refractivity (Wildman–Crippen MR) is 60.8 cm³/mol. The van der Waals surface area contributed by atoms with Gasteiger partial charge in [-0.25, -0.2) is 0 Å². The normalized spacial score (nSPS) is 22.9. The van der Waals surface area contributed by atoms with Gasteiger partial charge in [-0.2, -0.15) is 0 Å². The number of fused-ring (bicyclic) bond motifs is 3. The van der Waals surface area contributed by atoms with Crippen LogP contribution < -0.4 is 15.0 Å². The maximum Gasteiger partial charge on any atom is 0.241 e. The molecule has 0 radical (unpaired) electrons. The lowest BCUT2D eigenvalue weighted by atomic mass is 10.1. The molecule has 84 valence electrons. The van der Waals surface area contributed by atoms with Gasteiger partial charge in [0, 0.05) is 12.2 Å². The van der Waals surface area contributed by atoms with Gasteiger partial charge in [-0.15, -0.1) is 0 Å². The third kappa shape index (κ3) is 1.30. The lowest BCUT2D eigenvalue weighted by Gasteiger charge is -2.30. The number of rotatable bonds is 1. The Balaban J connectivity index is 2.02. The van der Waals surface area contributed by atoms with E-state index in [2.05, 4.69) is 5.32 Å². The Morgan fingerprint density at radius 2 is 2.38 bits per heavy atom. The molecule has 1 N–H and O–H groups in total. The highest BCUT2D eigenvalue weighted by atomic mass is 16.5. The number of hydrogen-bond donors (Lipinski definition) is 1. The van der Waals surface area contributed by atoms with Crippen LogP contribution in [0.3, 0.4) is 0 Å². The van der Waals surface area contributed by atoms with Gasteiger partial charge in [0.15, 0.2) is 0 Å². The molecule has 2 aliphatic rings. The molecule has 1 aromatic rings. The van der Waals surface area contributed by atoms with Crippen LogP contribution in [0.15, 0.2) is 18.2 Å². The van der Waals surface area contributed by atoms with Gasteiger partial charge < -0.3 is 15.0 Å². The van der Waals surface area contributed by atoms with Gasteiger partial charge in [-0.3, -0.25) is 4.79 Å². The van der Waals surface area contributed by atoms with Gasteiger partial charge in [0.25, 0.3) is 0 Å². The fourth-order valence-electron chi connectivity index (χ4n) is 2.56. The number of ether oxygens (including phenoxy) is 1. The first-order valence-corrected chi connectivity index (χ1v) is 5.49. The summed E-state index contributed by atoms with van der Waals surface area (Å²) in [6, 6.07) is 6.21. The van der Waals surface area contributed by atoms with Crippen LogP contribution in [-0.2, 0) is 11.2 Å². The highest BCUT2D eigenvalue weighted by Crippen LogP contribution is 2.35. The van der Waals surface area contributed by atoms with Gasteiger partial charge in [0.05, 0.1) is 19.7 Å². The van der Waals surface area contributed by atoms with E-state index in [4.69, 9.17) is 4.74 Å². The second-order valence-corrected chi connectivity index (χ2v) is 4.25. The van der Waals surface area contributed by atoms with Crippen molar-refractivity contribution in [3.63, 3.8) is 0 Å². The number of piperazine rings is 1. The standard InChI is InChI=1S/C12H14N2O2/c1-16-10-2-3-11-8(5-10)4-9-6-13-7-12(15)14(9)11/h2-3,5,9,13H,4,6-7H2,1H3. The summed E-state index contributed by atoms with van der Waals surface area (Å²) >= 11 is 0. The predicted octanol–water partition coefficient (Wildman–Crippen LogP) is 0.556. The lowest BCUT2D eigenvalue weighted by molar-refractivity contribution is -0.119. The van der Waals surface area contributed by atoms with Crippen molar-refractivity contribution >= 4 is 11.6 Å². The maximum absolute atomic E-state index is 11.8. The number of hydrogen-bond acceptors (Lipinski definition) is 3. The molecule has 1 fully saturated rings. The molecule has 0 spiro atoms. The van der Waals surface area contributed by atoms with Crippen LogP contribution >= 0.6 is 0 Å². The van der Waals surface area contributed by atoms with Crippen LogP contribution in [0, 0.1) is 0 Å². The molecule has 0 saturated carbocycles. The lowest BCUT2D eigenvalue weighted by Crippen LogP contribution is -2.53. The number of carbonyl (C=O) groups is 1. The smallest absolute Gasteiger partial charge is 0.241 e. The molecule has 2 heterocycles. The van der Waals surface area contributed by atoms with E-state index < -0.39 is 0 Å². The first-order chi connectivity index (χ1) is 7.79. The van der Waals surface area contributed by atoms with Crippen molar-refractivity contribution in [2.75, 3.05) is 25.1 Å². The van der Waals surface area contributed by atoms with E-state index in [9.17, 15) is 4.79 Å². The minimum Gasteiger partial charge on any atom is -0.497 e. The molecule has 1 atom stereocenters. The van der Waals surface area contributed by atoms with Crippen LogP contribution in [0.25, 0.3) is 0 Å². The average Bonchev–Trinajstić information content (AvgIpc) is 2.67. The van der Waals surface area contributed by atoms with Gasteiger partial charge >= 0.3 is 0 Å². The highest BCUT2D eigenvalue weighted by Gasteiger charge is 2.36. The Morgan fingerprint density at radius 1 is 1.50 bits per heavy atom. The molecule has 0 aromatic heterocycles. The van der Waals surface area contributed by atoms with E-state index in [1.165, 1.54) is 5.56 Å². The van der Waals surface area contributed by atoms with E-state index in [0.29, 0.717) is 6.54 Å². The Kier molecular flexibility index (Phi) is 2.11. The molecule has 4 heteroatoms. The first-order valence-electron chi connectivity index (χ1n) is 5.49. The van der Waals surface area contributed by atoms with Gasteiger partial charge in [0.1, 0.15) is 5.75 Å². The van der Waals surface area contributed by atoms with E-state index in [-0.39, 0.29) is 11.9 Å². The molecular formula is C12H14N2O2. The number of amides is 1. The summed E-state index contributed by atoms with van der Waals surface area (Å²) in [5, 5.41) is 3.15. The van der Waals surface area contributed by atoms with Crippen molar-refractivity contribution in [1.82, 2.24) is 5.32 Å². The van der Waals surface area contributed by atoms with Crippen molar-refractivity contribution in [1.29, 1.82) is 0 Å². The van der Waals surface area contributed by atoms with E-state index in [1.54, 1.807) is 7.11 Å². The number of nitrogens with one attached hydrogen (secondary N) is 1. The van der Waals surface area contributed by atoms with Crippen molar-refractivity contribution in [3.8, 4) is 5.75 Å². The van der Waals surface area contributed by atoms with E-state index in [1.807, 2.05) is 23.1 Å². The zero-order valence-electron chi connectivity index (χ0n) is 9.19. The third-order valence-corrected chi connectivity index (χ3v) is 3.29. The molecule has 0 aliphatic carbocycles. The Morgan fingerprint density at radius 3 is 3.19 bits per heavy atom. The van der Waals surface area contributed by atoms with Crippen LogP contribution in [0.1, 0.15) is 5.56 Å². The molecule has 4 nitrogen and oxygen atoms in total. The minimum absolute atomic E-state index is 0.167. The summed E-state index contributed by atoms with van der Waals surface area (Å²) in [6.45, 7) is 1.32. The minimum atomic E-state index is 0.167. The number of carbonyl (C=O) groups excluding carboxylic acids is 1. The number of methoxy groups -OCH3 is 1. The Labute approximate surface area is 94.2 Å². The van der Waals surface area contributed by atoms with Crippen LogP contribution in [0.5, 0.6) is 5.75 Å². The quantitative estimate of drug-likeness (QED) is 0.748. The van der Waals surface area contributed by atoms with Gasteiger partial charge in [-0.05, 0) is 30.2 Å². The zero-order valence-corrected chi connectivity index (χ0v) is 9.19. The summed E-state index contributed by atoms with van der Waals surface area (Å²) in [4.78, 5) is 13.7. The highest BCUT2D eigenvalue weighted by molar-refractivity contribution is 5.98. The first kappa shape index (κ1) is 9.66. The molecule has 0 bridgehead atoms. The fraction of sp³-hybridized carbons (Fsp3) is 0.417. The SMILES string of the molecule is COc1ccc2c(c1)CC1CNCC(=O)N21. The monoisotopic (exact) mass is 218 g/mol. The number of nitrogens with zero attached hydrogens (tertiary/aromatic N) is 1. The zero-order chi connectivity index (χ0) is 11.1. The molecule has 1 aromatic carbocycles.